The van der Waals surface area contributed by atoms with Gasteiger partial charge >= 0.3 is 5.97 Å². The molecular weight excluding hydrogens is 320 g/mol. The van der Waals surface area contributed by atoms with Crippen molar-refractivity contribution in [3.63, 3.8) is 0 Å². The standard InChI is InChI=1S/C19H16N2O4/c1-20-18(22)15-7-3-6-14-13(15)5-4-8-16(14)25-17-10-9-12(11-21-17)19(23)24-2/h3-11H,1-2H3,(H,20,22). The van der Waals surface area contributed by atoms with E-state index in [1.807, 2.05) is 18.2 Å². The highest BCUT2D eigenvalue weighted by atomic mass is 16.5. The van der Waals surface area contributed by atoms with Crippen molar-refractivity contribution in [2.24, 2.45) is 0 Å². The molecule has 0 aliphatic rings. The normalized spacial score (nSPS) is 10.3. The van der Waals surface area contributed by atoms with Crippen molar-refractivity contribution in [1.82, 2.24) is 10.3 Å². The second-order valence-electron chi connectivity index (χ2n) is 5.21. The molecule has 0 radical (unpaired) electrons. The fourth-order valence-corrected chi connectivity index (χ4v) is 2.49. The van der Waals surface area contributed by atoms with Gasteiger partial charge in [-0.15, -0.1) is 0 Å². The Morgan fingerprint density at radius 1 is 1.00 bits per heavy atom. The molecule has 0 bridgehead atoms. The first-order chi connectivity index (χ1) is 12.1. The van der Waals surface area contributed by atoms with E-state index in [1.54, 1.807) is 37.4 Å². The van der Waals surface area contributed by atoms with Crippen LogP contribution in [0.15, 0.2) is 54.7 Å². The van der Waals surface area contributed by atoms with E-state index in [1.165, 1.54) is 13.3 Å². The number of nitrogens with zero attached hydrogens (tertiary/aromatic N) is 1. The fourth-order valence-electron chi connectivity index (χ4n) is 2.49. The van der Waals surface area contributed by atoms with Gasteiger partial charge in [0, 0.05) is 30.3 Å². The number of pyridine rings is 1. The number of esters is 1. The maximum atomic E-state index is 12.0. The van der Waals surface area contributed by atoms with Crippen molar-refractivity contribution in [2.75, 3.05) is 14.2 Å². The minimum Gasteiger partial charge on any atom is -0.465 e. The Labute approximate surface area is 144 Å². The molecule has 1 amide bonds. The minimum absolute atomic E-state index is 0.164. The summed E-state index contributed by atoms with van der Waals surface area (Å²) in [6.07, 6.45) is 1.39. The Morgan fingerprint density at radius 2 is 1.76 bits per heavy atom. The topological polar surface area (TPSA) is 77.5 Å². The van der Waals surface area contributed by atoms with Crippen LogP contribution in [-0.4, -0.2) is 31.0 Å². The third kappa shape index (κ3) is 3.28. The summed E-state index contributed by atoms with van der Waals surface area (Å²) in [7, 11) is 2.90. The summed E-state index contributed by atoms with van der Waals surface area (Å²) < 4.78 is 10.5. The molecule has 2 aromatic carbocycles. The van der Waals surface area contributed by atoms with E-state index in [9.17, 15) is 9.59 Å². The molecule has 3 rings (SSSR count). The Balaban J connectivity index is 1.97. The number of ether oxygens (including phenoxy) is 2. The Kier molecular flexibility index (Phi) is 4.61. The number of fused-ring (bicyclic) bond motifs is 1. The second kappa shape index (κ2) is 7.00. The van der Waals surface area contributed by atoms with Crippen LogP contribution in [0.1, 0.15) is 20.7 Å². The number of rotatable bonds is 4. The minimum atomic E-state index is -0.459. The lowest BCUT2D eigenvalue weighted by molar-refractivity contribution is 0.0600. The molecule has 1 aromatic heterocycles. The maximum Gasteiger partial charge on any atom is 0.339 e. The molecule has 1 N–H and O–H groups in total. The maximum absolute atomic E-state index is 12.0. The van der Waals surface area contributed by atoms with Crippen LogP contribution in [0.2, 0.25) is 0 Å². The first-order valence-electron chi connectivity index (χ1n) is 7.60. The summed E-state index contributed by atoms with van der Waals surface area (Å²) in [6.45, 7) is 0. The van der Waals surface area contributed by atoms with E-state index in [0.717, 1.165) is 10.8 Å². The van der Waals surface area contributed by atoms with Gasteiger partial charge in [-0.2, -0.15) is 0 Å². The van der Waals surface area contributed by atoms with Gasteiger partial charge in [-0.3, -0.25) is 4.79 Å². The number of aromatic nitrogens is 1. The van der Waals surface area contributed by atoms with Crippen LogP contribution in [-0.2, 0) is 4.74 Å². The zero-order valence-electron chi connectivity index (χ0n) is 13.8. The number of carbonyl (C=O) groups excluding carboxylic acids is 2. The Bertz CT molecular complexity index is 936. The largest absolute Gasteiger partial charge is 0.465 e. The van der Waals surface area contributed by atoms with E-state index >= 15 is 0 Å². The molecule has 25 heavy (non-hydrogen) atoms. The van der Waals surface area contributed by atoms with Gasteiger partial charge in [0.05, 0.1) is 12.7 Å². The Morgan fingerprint density at radius 3 is 2.44 bits per heavy atom. The fraction of sp³-hybridized carbons (Fsp3) is 0.105. The quantitative estimate of drug-likeness (QED) is 0.741. The number of amides is 1. The zero-order chi connectivity index (χ0) is 17.8. The summed E-state index contributed by atoms with van der Waals surface area (Å²) in [5.41, 5.74) is 0.911. The van der Waals surface area contributed by atoms with Crippen molar-refractivity contribution < 1.29 is 19.1 Å². The van der Waals surface area contributed by atoms with Crippen molar-refractivity contribution in [3.05, 3.63) is 65.9 Å². The van der Waals surface area contributed by atoms with E-state index in [0.29, 0.717) is 22.8 Å². The molecule has 1 heterocycles. The van der Waals surface area contributed by atoms with Gasteiger partial charge in [0.2, 0.25) is 5.88 Å². The molecule has 0 aliphatic carbocycles. The smallest absolute Gasteiger partial charge is 0.339 e. The van der Waals surface area contributed by atoms with Crippen LogP contribution in [0.3, 0.4) is 0 Å². The molecule has 0 spiro atoms. The highest BCUT2D eigenvalue weighted by Gasteiger charge is 2.12. The van der Waals surface area contributed by atoms with Gasteiger partial charge in [0.25, 0.3) is 5.91 Å². The van der Waals surface area contributed by atoms with E-state index in [4.69, 9.17) is 4.74 Å². The number of benzene rings is 2. The molecule has 0 fully saturated rings. The van der Waals surface area contributed by atoms with E-state index in [2.05, 4.69) is 15.0 Å². The van der Waals surface area contributed by atoms with Gasteiger partial charge in [0.1, 0.15) is 5.75 Å². The lowest BCUT2D eigenvalue weighted by Crippen LogP contribution is -2.17. The molecule has 0 saturated heterocycles. The zero-order valence-corrected chi connectivity index (χ0v) is 13.8. The van der Waals surface area contributed by atoms with Crippen LogP contribution in [0.25, 0.3) is 10.8 Å². The van der Waals surface area contributed by atoms with Crippen molar-refractivity contribution in [1.29, 1.82) is 0 Å². The number of hydrogen-bond donors (Lipinski definition) is 1. The molecule has 0 unspecified atom stereocenters. The lowest BCUT2D eigenvalue weighted by atomic mass is 10.0. The van der Waals surface area contributed by atoms with Gasteiger partial charge in [0.15, 0.2) is 0 Å². The molecule has 0 atom stereocenters. The van der Waals surface area contributed by atoms with Gasteiger partial charge < -0.3 is 14.8 Å². The van der Waals surface area contributed by atoms with E-state index < -0.39 is 5.97 Å². The number of methoxy groups -OCH3 is 1. The average Bonchev–Trinajstić information content (AvgIpc) is 2.67. The van der Waals surface area contributed by atoms with Crippen LogP contribution >= 0.6 is 0 Å². The Hall–Kier alpha value is -3.41. The van der Waals surface area contributed by atoms with Crippen LogP contribution < -0.4 is 10.1 Å². The number of carbonyl (C=O) groups is 2. The summed E-state index contributed by atoms with van der Waals surface area (Å²) in [5, 5.41) is 4.21. The molecule has 126 valence electrons. The predicted molar refractivity (Wildman–Crippen MR) is 93.0 cm³/mol. The number of nitrogens with one attached hydrogen (secondary N) is 1. The summed E-state index contributed by atoms with van der Waals surface area (Å²) in [6, 6.07) is 14.1. The van der Waals surface area contributed by atoms with Gasteiger partial charge in [-0.05, 0) is 23.6 Å². The van der Waals surface area contributed by atoms with Crippen molar-refractivity contribution >= 4 is 22.6 Å². The second-order valence-corrected chi connectivity index (χ2v) is 5.21. The average molecular weight is 336 g/mol. The molecule has 6 heteroatoms. The third-order valence-corrected chi connectivity index (χ3v) is 3.73. The highest BCUT2D eigenvalue weighted by molar-refractivity contribution is 6.08. The molecule has 6 nitrogen and oxygen atoms in total. The van der Waals surface area contributed by atoms with Crippen molar-refractivity contribution in [3.8, 4) is 11.6 Å². The van der Waals surface area contributed by atoms with E-state index in [-0.39, 0.29) is 5.91 Å². The third-order valence-electron chi connectivity index (χ3n) is 3.73. The number of hydrogen-bond acceptors (Lipinski definition) is 5. The first kappa shape index (κ1) is 16.4. The SMILES string of the molecule is CNC(=O)c1cccc2c(Oc3ccc(C(=O)OC)cn3)cccc12. The molecule has 3 aromatic rings. The highest BCUT2D eigenvalue weighted by Crippen LogP contribution is 2.31. The summed E-state index contributed by atoms with van der Waals surface area (Å²) >= 11 is 0. The first-order valence-corrected chi connectivity index (χ1v) is 7.60. The van der Waals surface area contributed by atoms with Gasteiger partial charge in [-0.25, -0.2) is 9.78 Å². The van der Waals surface area contributed by atoms with Crippen molar-refractivity contribution in [2.45, 2.75) is 0 Å². The lowest BCUT2D eigenvalue weighted by Gasteiger charge is -2.11. The van der Waals surface area contributed by atoms with Crippen LogP contribution in [0.4, 0.5) is 0 Å². The van der Waals surface area contributed by atoms with Crippen LogP contribution in [0, 0.1) is 0 Å². The van der Waals surface area contributed by atoms with Gasteiger partial charge in [-0.1, -0.05) is 24.3 Å². The molecule has 0 aliphatic heterocycles. The molecule has 0 saturated carbocycles. The summed E-state index contributed by atoms with van der Waals surface area (Å²) in [4.78, 5) is 27.6. The molecular formula is C19H16N2O4. The van der Waals surface area contributed by atoms with Crippen LogP contribution in [0.5, 0.6) is 11.6 Å². The monoisotopic (exact) mass is 336 g/mol. The predicted octanol–water partition coefficient (Wildman–Crippen LogP) is 3.17. The summed E-state index contributed by atoms with van der Waals surface area (Å²) in [5.74, 6) is 0.287.